The van der Waals surface area contributed by atoms with Crippen LogP contribution >= 0.6 is 15.9 Å². The molecule has 18 heavy (non-hydrogen) atoms. The summed E-state index contributed by atoms with van der Waals surface area (Å²) >= 11 is 3.61. The van der Waals surface area contributed by atoms with Crippen molar-refractivity contribution in [3.05, 3.63) is 40.1 Å². The molecule has 3 nitrogen and oxygen atoms in total. The van der Waals surface area contributed by atoms with Gasteiger partial charge in [-0.2, -0.15) is 5.10 Å². The van der Waals surface area contributed by atoms with E-state index >= 15 is 0 Å². The van der Waals surface area contributed by atoms with Gasteiger partial charge in [0.2, 0.25) is 0 Å². The van der Waals surface area contributed by atoms with E-state index in [0.29, 0.717) is 0 Å². The van der Waals surface area contributed by atoms with Gasteiger partial charge in [-0.25, -0.2) is 0 Å². The Bertz CT molecular complexity index is 546. The summed E-state index contributed by atoms with van der Waals surface area (Å²) in [5.74, 6) is 0. The van der Waals surface area contributed by atoms with Gasteiger partial charge in [0.15, 0.2) is 0 Å². The van der Waals surface area contributed by atoms with Crippen molar-refractivity contribution >= 4 is 15.9 Å². The molecule has 0 unspecified atom stereocenters. The summed E-state index contributed by atoms with van der Waals surface area (Å²) in [6, 6.07) is 8.29. The second-order valence-electron chi connectivity index (χ2n) is 4.35. The number of benzene rings is 1. The Morgan fingerprint density at radius 1 is 1.28 bits per heavy atom. The lowest BCUT2D eigenvalue weighted by Gasteiger charge is -2.06. The molecule has 4 heteroatoms. The minimum Gasteiger partial charge on any atom is -0.318 e. The third kappa shape index (κ3) is 2.49. The van der Waals surface area contributed by atoms with Crippen molar-refractivity contribution in [3.63, 3.8) is 0 Å². The van der Waals surface area contributed by atoms with Gasteiger partial charge in [-0.15, -0.1) is 0 Å². The van der Waals surface area contributed by atoms with E-state index in [0.717, 1.165) is 23.3 Å². The molecule has 1 aromatic heterocycles. The number of hydrogen-bond acceptors (Lipinski definition) is 2. The number of aryl methyl sites for hydroxylation is 1. The van der Waals surface area contributed by atoms with Crippen molar-refractivity contribution in [3.8, 4) is 11.1 Å². The van der Waals surface area contributed by atoms with Gasteiger partial charge in [0, 0.05) is 22.3 Å². The predicted octanol–water partition coefficient (Wildman–Crippen LogP) is 3.15. The number of hydrogen-bond donors (Lipinski definition) is 1. The summed E-state index contributed by atoms with van der Waals surface area (Å²) in [7, 11) is 1.96. The number of nitrogens with one attached hydrogen (secondary N) is 1. The lowest BCUT2D eigenvalue weighted by molar-refractivity contribution is 0.569. The van der Waals surface area contributed by atoms with Gasteiger partial charge in [0.1, 0.15) is 0 Å². The van der Waals surface area contributed by atoms with E-state index < -0.39 is 0 Å². The maximum absolute atomic E-state index is 4.62. The molecule has 0 aliphatic heterocycles. The molecule has 1 N–H and O–H groups in total. The van der Waals surface area contributed by atoms with Crippen molar-refractivity contribution in [2.45, 2.75) is 20.4 Å². The number of nitrogens with zero attached hydrogens (tertiary/aromatic N) is 2. The quantitative estimate of drug-likeness (QED) is 0.940. The molecule has 0 aliphatic carbocycles. The van der Waals surface area contributed by atoms with Gasteiger partial charge in [-0.1, -0.05) is 34.1 Å². The van der Waals surface area contributed by atoms with E-state index in [1.54, 1.807) is 0 Å². The van der Waals surface area contributed by atoms with Crippen molar-refractivity contribution in [2.24, 2.45) is 0 Å². The summed E-state index contributed by atoms with van der Waals surface area (Å²) in [5.41, 5.74) is 4.74. The van der Waals surface area contributed by atoms with Crippen LogP contribution in [0.1, 0.15) is 11.4 Å². The topological polar surface area (TPSA) is 29.9 Å². The first kappa shape index (κ1) is 13.3. The Kier molecular flexibility index (Phi) is 4.19. The zero-order chi connectivity index (χ0) is 13.1. The molecule has 0 radical (unpaired) electrons. The molecule has 0 saturated heterocycles. The molecular weight excluding hydrogens is 290 g/mol. The molecule has 2 aromatic rings. The van der Waals surface area contributed by atoms with E-state index in [2.05, 4.69) is 63.1 Å². The molecule has 0 fully saturated rings. The van der Waals surface area contributed by atoms with Gasteiger partial charge >= 0.3 is 0 Å². The molecule has 96 valence electrons. The van der Waals surface area contributed by atoms with Gasteiger partial charge in [-0.3, -0.25) is 4.68 Å². The van der Waals surface area contributed by atoms with Crippen LogP contribution in [-0.2, 0) is 6.54 Å². The smallest absolute Gasteiger partial charge is 0.0675 e. The molecule has 0 bridgehead atoms. The molecule has 0 amide bonds. The summed E-state index contributed by atoms with van der Waals surface area (Å²) in [4.78, 5) is 0. The zero-order valence-electron chi connectivity index (χ0n) is 11.0. The summed E-state index contributed by atoms with van der Waals surface area (Å²) in [6.07, 6.45) is 0. The van der Waals surface area contributed by atoms with Crippen LogP contribution in [0.3, 0.4) is 0 Å². The van der Waals surface area contributed by atoms with Crippen molar-refractivity contribution < 1.29 is 0 Å². The van der Waals surface area contributed by atoms with E-state index in [-0.39, 0.29) is 0 Å². The summed E-state index contributed by atoms with van der Waals surface area (Å²) in [5, 5.41) is 7.77. The highest BCUT2D eigenvalue weighted by Gasteiger charge is 2.14. The van der Waals surface area contributed by atoms with E-state index in [1.807, 2.05) is 13.1 Å². The van der Waals surface area contributed by atoms with Crippen molar-refractivity contribution in [2.75, 3.05) is 13.6 Å². The Labute approximate surface area is 116 Å². The Morgan fingerprint density at radius 2 is 2.00 bits per heavy atom. The Morgan fingerprint density at radius 3 is 2.67 bits per heavy atom. The standard InChI is InChI=1S/C14H18BrN3/c1-10-14(12-6-4-5-7-13(12)15)11(2)18(17-10)9-8-16-3/h4-7,16H,8-9H2,1-3H3. The van der Waals surface area contributed by atoms with Gasteiger partial charge in [0.25, 0.3) is 0 Å². The fraction of sp³-hybridized carbons (Fsp3) is 0.357. The number of rotatable bonds is 4. The van der Waals surface area contributed by atoms with E-state index in [9.17, 15) is 0 Å². The average molecular weight is 308 g/mol. The van der Waals surface area contributed by atoms with Crippen LogP contribution in [0.25, 0.3) is 11.1 Å². The first-order valence-corrected chi connectivity index (χ1v) is 6.88. The van der Waals surface area contributed by atoms with E-state index in [4.69, 9.17) is 0 Å². The average Bonchev–Trinajstić information content (AvgIpc) is 2.63. The molecular formula is C14H18BrN3. The summed E-state index contributed by atoms with van der Waals surface area (Å²) in [6.45, 7) is 6.02. The van der Waals surface area contributed by atoms with Crippen LogP contribution in [0.15, 0.2) is 28.7 Å². The highest BCUT2D eigenvalue weighted by molar-refractivity contribution is 9.10. The Balaban J connectivity index is 2.46. The zero-order valence-corrected chi connectivity index (χ0v) is 12.6. The Hall–Kier alpha value is -1.13. The van der Waals surface area contributed by atoms with Crippen LogP contribution in [0.2, 0.25) is 0 Å². The predicted molar refractivity (Wildman–Crippen MR) is 78.8 cm³/mol. The lowest BCUT2D eigenvalue weighted by atomic mass is 10.0. The van der Waals surface area contributed by atoms with Crippen LogP contribution in [-0.4, -0.2) is 23.4 Å². The number of halogens is 1. The maximum Gasteiger partial charge on any atom is 0.0675 e. The molecule has 0 aliphatic rings. The van der Waals surface area contributed by atoms with E-state index in [1.165, 1.54) is 16.8 Å². The molecule has 0 saturated carbocycles. The van der Waals surface area contributed by atoms with Gasteiger partial charge < -0.3 is 5.32 Å². The monoisotopic (exact) mass is 307 g/mol. The fourth-order valence-corrected chi connectivity index (χ4v) is 2.67. The van der Waals surface area contributed by atoms with Crippen molar-refractivity contribution in [1.82, 2.24) is 15.1 Å². The van der Waals surface area contributed by atoms with Gasteiger partial charge in [-0.05, 0) is 32.5 Å². The van der Waals surface area contributed by atoms with Crippen LogP contribution in [0.5, 0.6) is 0 Å². The summed E-state index contributed by atoms with van der Waals surface area (Å²) < 4.78 is 3.19. The molecule has 0 spiro atoms. The minimum atomic E-state index is 0.896. The fourth-order valence-electron chi connectivity index (χ4n) is 2.19. The maximum atomic E-state index is 4.62. The first-order chi connectivity index (χ1) is 8.65. The third-order valence-electron chi connectivity index (χ3n) is 3.10. The minimum absolute atomic E-state index is 0.896. The highest BCUT2D eigenvalue weighted by atomic mass is 79.9. The van der Waals surface area contributed by atoms with Crippen LogP contribution in [0, 0.1) is 13.8 Å². The second kappa shape index (κ2) is 5.67. The number of likely N-dealkylation sites (N-methyl/N-ethyl adjacent to an activating group) is 1. The van der Waals surface area contributed by atoms with Crippen LogP contribution < -0.4 is 5.32 Å². The first-order valence-electron chi connectivity index (χ1n) is 6.08. The van der Waals surface area contributed by atoms with Crippen LogP contribution in [0.4, 0.5) is 0 Å². The molecule has 1 aromatic carbocycles. The molecule has 0 atom stereocenters. The lowest BCUT2D eigenvalue weighted by Crippen LogP contribution is -2.16. The molecule has 1 heterocycles. The van der Waals surface area contributed by atoms with Gasteiger partial charge in [0.05, 0.1) is 12.2 Å². The third-order valence-corrected chi connectivity index (χ3v) is 3.79. The second-order valence-corrected chi connectivity index (χ2v) is 5.21. The normalized spacial score (nSPS) is 10.9. The molecule has 2 rings (SSSR count). The SMILES string of the molecule is CNCCn1nc(C)c(-c2ccccc2Br)c1C. The van der Waals surface area contributed by atoms with Crippen molar-refractivity contribution in [1.29, 1.82) is 0 Å². The highest BCUT2D eigenvalue weighted by Crippen LogP contribution is 2.32. The largest absolute Gasteiger partial charge is 0.318 e. The number of aromatic nitrogens is 2.